The molecule has 0 saturated carbocycles. The van der Waals surface area contributed by atoms with Gasteiger partial charge < -0.3 is 0 Å². The van der Waals surface area contributed by atoms with Crippen LogP contribution in [0.15, 0.2) is 72.6 Å². The second-order valence-corrected chi connectivity index (χ2v) is 6.35. The zero-order chi connectivity index (χ0) is 19.7. The Hall–Kier alpha value is -4.00. The van der Waals surface area contributed by atoms with Crippen LogP contribution in [-0.4, -0.2) is 27.6 Å². The molecular formula is C21H16N4O3. The first-order chi connectivity index (χ1) is 13.5. The lowest BCUT2D eigenvalue weighted by atomic mass is 10.1. The van der Waals surface area contributed by atoms with Crippen LogP contribution in [0.2, 0.25) is 0 Å². The molecular weight excluding hydrogens is 356 g/mol. The Kier molecular flexibility index (Phi) is 4.33. The Labute approximate surface area is 160 Å². The molecule has 1 N–H and O–H groups in total. The summed E-state index contributed by atoms with van der Waals surface area (Å²) in [7, 11) is 0. The van der Waals surface area contributed by atoms with E-state index in [1.54, 1.807) is 41.3 Å². The molecule has 7 heteroatoms. The maximum atomic E-state index is 12.9. The maximum Gasteiger partial charge on any atom is 0.335 e. The summed E-state index contributed by atoms with van der Waals surface area (Å²) in [6, 6.07) is 15.6. The number of urea groups is 1. The highest BCUT2D eigenvalue weighted by Gasteiger charge is 2.36. The number of aromatic nitrogens is 2. The van der Waals surface area contributed by atoms with Gasteiger partial charge in [-0.1, -0.05) is 35.9 Å². The van der Waals surface area contributed by atoms with Gasteiger partial charge >= 0.3 is 6.03 Å². The SMILES string of the molecule is Cc1ccc(N2C(=O)NC(=O)C(=Cc3cnn(-c4ccccc4)c3)C2=O)cc1. The Morgan fingerprint density at radius 2 is 1.64 bits per heavy atom. The highest BCUT2D eigenvalue weighted by atomic mass is 16.2. The predicted molar refractivity (Wildman–Crippen MR) is 104 cm³/mol. The van der Waals surface area contributed by atoms with Crippen LogP contribution in [0.5, 0.6) is 0 Å². The van der Waals surface area contributed by atoms with E-state index in [1.165, 1.54) is 6.08 Å². The van der Waals surface area contributed by atoms with Gasteiger partial charge in [-0.25, -0.2) is 14.4 Å². The molecule has 1 fully saturated rings. The van der Waals surface area contributed by atoms with E-state index in [9.17, 15) is 14.4 Å². The molecule has 0 aliphatic carbocycles. The van der Waals surface area contributed by atoms with Crippen LogP contribution >= 0.6 is 0 Å². The summed E-state index contributed by atoms with van der Waals surface area (Å²) < 4.78 is 1.64. The van der Waals surface area contributed by atoms with Crippen LogP contribution in [0.3, 0.4) is 0 Å². The monoisotopic (exact) mass is 372 g/mol. The molecule has 2 heterocycles. The van der Waals surface area contributed by atoms with E-state index in [2.05, 4.69) is 10.4 Å². The quantitative estimate of drug-likeness (QED) is 0.566. The summed E-state index contributed by atoms with van der Waals surface area (Å²) in [4.78, 5) is 38.3. The summed E-state index contributed by atoms with van der Waals surface area (Å²) in [5, 5.41) is 6.47. The fourth-order valence-electron chi connectivity index (χ4n) is 2.89. The van der Waals surface area contributed by atoms with Gasteiger partial charge in [-0.3, -0.25) is 14.9 Å². The third-order valence-electron chi connectivity index (χ3n) is 4.33. The minimum atomic E-state index is -0.768. The molecule has 1 aliphatic rings. The van der Waals surface area contributed by atoms with Crippen molar-refractivity contribution in [3.8, 4) is 5.69 Å². The van der Waals surface area contributed by atoms with Crippen molar-refractivity contribution in [3.63, 3.8) is 0 Å². The number of imide groups is 2. The van der Waals surface area contributed by atoms with E-state index in [-0.39, 0.29) is 5.57 Å². The first-order valence-electron chi connectivity index (χ1n) is 8.61. The van der Waals surface area contributed by atoms with Crippen molar-refractivity contribution in [2.75, 3.05) is 4.90 Å². The van der Waals surface area contributed by atoms with Gasteiger partial charge in [0.2, 0.25) is 0 Å². The van der Waals surface area contributed by atoms with Gasteiger partial charge in [0.05, 0.1) is 17.6 Å². The smallest absolute Gasteiger partial charge is 0.273 e. The molecule has 28 heavy (non-hydrogen) atoms. The molecule has 0 spiro atoms. The Bertz CT molecular complexity index is 1100. The Balaban J connectivity index is 1.67. The van der Waals surface area contributed by atoms with E-state index in [1.807, 2.05) is 37.3 Å². The zero-order valence-corrected chi connectivity index (χ0v) is 15.0. The topological polar surface area (TPSA) is 84.3 Å². The van der Waals surface area contributed by atoms with Crippen molar-refractivity contribution in [1.29, 1.82) is 0 Å². The molecule has 7 nitrogen and oxygen atoms in total. The maximum absolute atomic E-state index is 12.9. The van der Waals surface area contributed by atoms with Crippen LogP contribution in [-0.2, 0) is 9.59 Å². The van der Waals surface area contributed by atoms with Crippen molar-refractivity contribution in [2.24, 2.45) is 0 Å². The number of anilines is 1. The number of carbonyl (C=O) groups excluding carboxylic acids is 3. The van der Waals surface area contributed by atoms with E-state index < -0.39 is 17.8 Å². The van der Waals surface area contributed by atoms with E-state index >= 15 is 0 Å². The summed E-state index contributed by atoms with van der Waals surface area (Å²) in [6.45, 7) is 1.90. The number of nitrogens with zero attached hydrogens (tertiary/aromatic N) is 3. The normalized spacial score (nSPS) is 15.8. The fourth-order valence-corrected chi connectivity index (χ4v) is 2.89. The molecule has 0 unspecified atom stereocenters. The molecule has 1 aromatic heterocycles. The molecule has 0 bridgehead atoms. The van der Waals surface area contributed by atoms with Gasteiger partial charge in [0.15, 0.2) is 0 Å². The molecule has 0 atom stereocenters. The summed E-state index contributed by atoms with van der Waals surface area (Å²) in [6.07, 6.45) is 4.68. The zero-order valence-electron chi connectivity index (χ0n) is 15.0. The fraction of sp³-hybridized carbons (Fsp3) is 0.0476. The Morgan fingerprint density at radius 1 is 0.929 bits per heavy atom. The standard InChI is InChI=1S/C21H16N4O3/c1-14-7-9-17(10-8-14)25-20(27)18(19(26)23-21(25)28)11-15-12-22-24(13-15)16-5-3-2-4-6-16/h2-13H,1H3,(H,23,26,28). The van der Waals surface area contributed by atoms with Crippen molar-refractivity contribution >= 4 is 29.6 Å². The molecule has 1 saturated heterocycles. The van der Waals surface area contributed by atoms with Crippen LogP contribution in [0.1, 0.15) is 11.1 Å². The number of carbonyl (C=O) groups is 3. The predicted octanol–water partition coefficient (Wildman–Crippen LogP) is 2.85. The number of barbiturate groups is 1. The summed E-state index contributed by atoms with van der Waals surface area (Å²) >= 11 is 0. The number of amides is 4. The average Bonchev–Trinajstić information content (AvgIpc) is 3.16. The third kappa shape index (κ3) is 3.21. The number of para-hydroxylation sites is 1. The van der Waals surface area contributed by atoms with Crippen molar-refractivity contribution < 1.29 is 14.4 Å². The largest absolute Gasteiger partial charge is 0.335 e. The van der Waals surface area contributed by atoms with Crippen molar-refractivity contribution in [1.82, 2.24) is 15.1 Å². The summed E-state index contributed by atoms with van der Waals surface area (Å²) in [5.74, 6) is -1.41. The molecule has 0 radical (unpaired) electrons. The lowest BCUT2D eigenvalue weighted by molar-refractivity contribution is -0.122. The first kappa shape index (κ1) is 17.4. The van der Waals surface area contributed by atoms with Crippen LogP contribution < -0.4 is 10.2 Å². The number of hydrogen-bond donors (Lipinski definition) is 1. The van der Waals surface area contributed by atoms with Crippen molar-refractivity contribution in [3.05, 3.63) is 83.7 Å². The lowest BCUT2D eigenvalue weighted by Crippen LogP contribution is -2.54. The van der Waals surface area contributed by atoms with Crippen LogP contribution in [0.25, 0.3) is 11.8 Å². The van der Waals surface area contributed by atoms with Gasteiger partial charge in [-0.05, 0) is 37.3 Å². The van der Waals surface area contributed by atoms with Gasteiger partial charge in [0, 0.05) is 11.8 Å². The number of nitrogens with one attached hydrogen (secondary N) is 1. The number of rotatable bonds is 3. The molecule has 2 aromatic carbocycles. The van der Waals surface area contributed by atoms with Gasteiger partial charge in [-0.15, -0.1) is 0 Å². The van der Waals surface area contributed by atoms with Gasteiger partial charge in [-0.2, -0.15) is 5.10 Å². The molecule has 3 aromatic rings. The number of hydrogen-bond acceptors (Lipinski definition) is 4. The molecule has 4 rings (SSSR count). The van der Waals surface area contributed by atoms with Crippen molar-refractivity contribution in [2.45, 2.75) is 6.92 Å². The van der Waals surface area contributed by atoms with E-state index in [0.717, 1.165) is 16.2 Å². The molecule has 138 valence electrons. The second-order valence-electron chi connectivity index (χ2n) is 6.35. The molecule has 1 aliphatic heterocycles. The first-order valence-corrected chi connectivity index (χ1v) is 8.61. The lowest BCUT2D eigenvalue weighted by Gasteiger charge is -2.26. The van der Waals surface area contributed by atoms with Crippen LogP contribution in [0, 0.1) is 6.92 Å². The van der Waals surface area contributed by atoms with Gasteiger partial charge in [0.1, 0.15) is 5.57 Å². The van der Waals surface area contributed by atoms with Crippen LogP contribution in [0.4, 0.5) is 10.5 Å². The third-order valence-corrected chi connectivity index (χ3v) is 4.33. The van der Waals surface area contributed by atoms with E-state index in [0.29, 0.717) is 11.3 Å². The average molecular weight is 372 g/mol. The summed E-state index contributed by atoms with van der Waals surface area (Å²) in [5.41, 5.74) is 2.68. The minimum absolute atomic E-state index is 0.132. The van der Waals surface area contributed by atoms with E-state index in [4.69, 9.17) is 0 Å². The van der Waals surface area contributed by atoms with Gasteiger partial charge in [0.25, 0.3) is 11.8 Å². The number of benzene rings is 2. The number of aryl methyl sites for hydroxylation is 1. The minimum Gasteiger partial charge on any atom is -0.273 e. The highest BCUT2D eigenvalue weighted by molar-refractivity contribution is 6.39. The highest BCUT2D eigenvalue weighted by Crippen LogP contribution is 2.22. The Morgan fingerprint density at radius 3 is 2.36 bits per heavy atom. The molecule has 4 amide bonds. The second kappa shape index (κ2) is 6.96.